The first-order valence-electron chi connectivity index (χ1n) is 14.1. The van der Waals surface area contributed by atoms with Crippen LogP contribution >= 0.6 is 0 Å². The third-order valence-electron chi connectivity index (χ3n) is 8.07. The number of ether oxygens (including phenoxy) is 7. The lowest BCUT2D eigenvalue weighted by Crippen LogP contribution is -2.68. The topological polar surface area (TPSA) is 416 Å². The third kappa shape index (κ3) is 7.62. The predicted octanol–water partition coefficient (Wildman–Crippen LogP) is -9.38. The number of aliphatic hydroxyl groups excluding tert-OH is 10. The van der Waals surface area contributed by atoms with E-state index in [9.17, 15) is 90.7 Å². The standard InChI is InChI=1S/C24H34O25/c25-1-2(26)13(17(34)35)47-22(7(1)31)45-11-4(28)9(33)24(49-15(11)19(38)39)46-12-5(29)8(32)23(48-16(12)20(40)41)44-10-3(27)6(30)21(42)43-14(10)18(36)37/h1-16,21-33,42H,(H,34,35)(H,36,37)(H,38,39)(H,40,41)/t1-,2-,3+,4+,5+,6-,7-,8-,9-,10-,11-,12-,13-,14-,15-,16+,21-,22+,23+,24+/m0/s1. The Kier molecular flexibility index (Phi) is 12.1. The van der Waals surface area contributed by atoms with E-state index < -0.39 is 147 Å². The van der Waals surface area contributed by atoms with E-state index in [-0.39, 0.29) is 0 Å². The first-order chi connectivity index (χ1) is 22.8. The highest BCUT2D eigenvalue weighted by molar-refractivity contribution is 5.75. The highest BCUT2D eigenvalue weighted by Gasteiger charge is 2.58. The van der Waals surface area contributed by atoms with Gasteiger partial charge in [-0.15, -0.1) is 0 Å². The maximum Gasteiger partial charge on any atom is 0.335 e. The molecule has 49 heavy (non-hydrogen) atoms. The number of hydrogen-bond acceptors (Lipinski definition) is 21. The van der Waals surface area contributed by atoms with Crippen LogP contribution in [0.3, 0.4) is 0 Å². The second-order valence-electron chi connectivity index (χ2n) is 11.3. The SMILES string of the molecule is O=C(O)[C@H]1O[C@@H](O[C@H]2[C@H](O)[C@H](O)[C@H](O[C@H]3[C@H](O)[C@H](O)[C@H](O[C@H]4[C@H](O)[C@H](O)[C@@H](O)O[C@@H]4C(=O)O)O[C@H]3C(=O)O)O[C@@H]2C(=O)O)[C@@H](O)[C@@H](O)[C@@H]1O. The highest BCUT2D eigenvalue weighted by Crippen LogP contribution is 2.34. The number of aliphatic carboxylic acids is 4. The highest BCUT2D eigenvalue weighted by atomic mass is 16.8. The maximum atomic E-state index is 12.1. The van der Waals surface area contributed by atoms with Crippen LogP contribution < -0.4 is 0 Å². The van der Waals surface area contributed by atoms with Crippen LogP contribution in [0.4, 0.5) is 0 Å². The zero-order valence-corrected chi connectivity index (χ0v) is 24.3. The monoisotopic (exact) mass is 722 g/mol. The number of carbonyl (C=O) groups is 4. The average molecular weight is 723 g/mol. The fourth-order valence-corrected chi connectivity index (χ4v) is 5.43. The van der Waals surface area contributed by atoms with Gasteiger partial charge in [-0.2, -0.15) is 0 Å². The molecule has 0 aromatic carbocycles. The Labute approximate surface area is 271 Å². The van der Waals surface area contributed by atoms with E-state index in [1.165, 1.54) is 0 Å². The fraction of sp³-hybridized carbons (Fsp3) is 0.833. The molecule has 0 spiro atoms. The van der Waals surface area contributed by atoms with E-state index in [4.69, 9.17) is 28.4 Å². The van der Waals surface area contributed by atoms with Gasteiger partial charge in [-0.1, -0.05) is 0 Å². The molecule has 4 fully saturated rings. The summed E-state index contributed by atoms with van der Waals surface area (Å²) in [6.07, 6.45) is -45.8. The van der Waals surface area contributed by atoms with Crippen LogP contribution in [0.15, 0.2) is 0 Å². The summed E-state index contributed by atoms with van der Waals surface area (Å²) < 4.78 is 35.3. The lowest BCUT2D eigenvalue weighted by molar-refractivity contribution is -0.378. The van der Waals surface area contributed by atoms with Crippen LogP contribution in [0.1, 0.15) is 0 Å². The van der Waals surface area contributed by atoms with E-state index in [2.05, 4.69) is 4.74 Å². The number of rotatable bonds is 10. The molecule has 280 valence electrons. The van der Waals surface area contributed by atoms with Gasteiger partial charge in [0.2, 0.25) is 0 Å². The van der Waals surface area contributed by atoms with Gasteiger partial charge in [0, 0.05) is 0 Å². The van der Waals surface area contributed by atoms with Crippen molar-refractivity contribution in [1.29, 1.82) is 0 Å². The smallest absolute Gasteiger partial charge is 0.335 e. The van der Waals surface area contributed by atoms with Gasteiger partial charge in [0.15, 0.2) is 49.6 Å². The molecule has 4 aliphatic rings. The molecule has 0 saturated carbocycles. The second-order valence-corrected chi connectivity index (χ2v) is 11.3. The molecule has 4 heterocycles. The molecule has 25 nitrogen and oxygen atoms in total. The molecule has 20 atom stereocenters. The summed E-state index contributed by atoms with van der Waals surface area (Å²) in [6, 6.07) is 0. The minimum absolute atomic E-state index is 1.84. The Bertz CT molecular complexity index is 1220. The van der Waals surface area contributed by atoms with Gasteiger partial charge >= 0.3 is 23.9 Å². The molecule has 0 amide bonds. The van der Waals surface area contributed by atoms with Crippen LogP contribution in [0, 0.1) is 0 Å². The summed E-state index contributed by atoms with van der Waals surface area (Å²) in [5, 5.41) is 141. The molecule has 4 aliphatic heterocycles. The molecular formula is C24H34O25. The fourth-order valence-electron chi connectivity index (χ4n) is 5.43. The van der Waals surface area contributed by atoms with Gasteiger partial charge in [0.05, 0.1) is 0 Å². The summed E-state index contributed by atoms with van der Waals surface area (Å²) in [5.41, 5.74) is 0. The summed E-state index contributed by atoms with van der Waals surface area (Å²) in [5.74, 6) is -7.64. The van der Waals surface area contributed by atoms with Crippen molar-refractivity contribution in [1.82, 2.24) is 0 Å². The van der Waals surface area contributed by atoms with Crippen molar-refractivity contribution >= 4 is 23.9 Å². The van der Waals surface area contributed by atoms with E-state index in [1.54, 1.807) is 0 Å². The first kappa shape index (κ1) is 39.0. The Morgan fingerprint density at radius 1 is 0.347 bits per heavy atom. The van der Waals surface area contributed by atoms with E-state index in [0.717, 1.165) is 0 Å². The summed E-state index contributed by atoms with van der Waals surface area (Å²) in [6.45, 7) is 0. The zero-order valence-electron chi connectivity index (χ0n) is 24.3. The molecule has 0 aromatic rings. The van der Waals surface area contributed by atoms with Crippen LogP contribution in [0.5, 0.6) is 0 Å². The summed E-state index contributed by atoms with van der Waals surface area (Å²) in [4.78, 5) is 47.1. The predicted molar refractivity (Wildman–Crippen MR) is 136 cm³/mol. The van der Waals surface area contributed by atoms with E-state index in [1.807, 2.05) is 0 Å². The number of hydrogen-bond donors (Lipinski definition) is 14. The lowest BCUT2D eigenvalue weighted by Gasteiger charge is -2.47. The first-order valence-corrected chi connectivity index (χ1v) is 14.1. The quantitative estimate of drug-likeness (QED) is 0.0995. The Balaban J connectivity index is 1.51. The minimum atomic E-state index is -2.43. The summed E-state index contributed by atoms with van der Waals surface area (Å²) >= 11 is 0. The third-order valence-corrected chi connectivity index (χ3v) is 8.07. The van der Waals surface area contributed by atoms with Gasteiger partial charge in [0.25, 0.3) is 0 Å². The lowest BCUT2D eigenvalue weighted by atomic mass is 9.95. The van der Waals surface area contributed by atoms with Gasteiger partial charge < -0.3 is 105 Å². The zero-order chi connectivity index (χ0) is 36.8. The number of carboxylic acids is 4. The van der Waals surface area contributed by atoms with Crippen molar-refractivity contribution in [3.05, 3.63) is 0 Å². The Morgan fingerprint density at radius 2 is 0.633 bits per heavy atom. The second kappa shape index (κ2) is 15.2. The van der Waals surface area contributed by atoms with Crippen LogP contribution in [0.2, 0.25) is 0 Å². The Hall–Kier alpha value is -2.80. The molecule has 0 bridgehead atoms. The number of carboxylic acid groups (broad SMARTS) is 4. The molecule has 0 aliphatic carbocycles. The molecular weight excluding hydrogens is 688 g/mol. The maximum absolute atomic E-state index is 12.1. The van der Waals surface area contributed by atoms with Crippen LogP contribution in [-0.4, -0.2) is 218 Å². The molecule has 25 heteroatoms. The van der Waals surface area contributed by atoms with E-state index in [0.29, 0.717) is 0 Å². The Morgan fingerprint density at radius 3 is 0.980 bits per heavy atom. The molecule has 4 saturated heterocycles. The van der Waals surface area contributed by atoms with Crippen molar-refractivity contribution in [3.63, 3.8) is 0 Å². The van der Waals surface area contributed by atoms with Crippen LogP contribution in [-0.2, 0) is 52.3 Å². The molecule has 0 radical (unpaired) electrons. The van der Waals surface area contributed by atoms with Gasteiger partial charge in [-0.05, 0) is 0 Å². The number of aliphatic hydroxyl groups is 10. The largest absolute Gasteiger partial charge is 0.479 e. The molecule has 14 N–H and O–H groups in total. The van der Waals surface area contributed by atoms with Crippen molar-refractivity contribution in [2.45, 2.75) is 123 Å². The van der Waals surface area contributed by atoms with Crippen molar-refractivity contribution < 1.29 is 124 Å². The minimum Gasteiger partial charge on any atom is -0.479 e. The van der Waals surface area contributed by atoms with Crippen molar-refractivity contribution in [3.8, 4) is 0 Å². The van der Waals surface area contributed by atoms with Gasteiger partial charge in [-0.25, -0.2) is 19.2 Å². The molecule has 0 aromatic heterocycles. The average Bonchev–Trinajstić information content (AvgIpc) is 3.03. The molecule has 0 unspecified atom stereocenters. The molecule has 4 rings (SSSR count). The van der Waals surface area contributed by atoms with Gasteiger partial charge in [0.1, 0.15) is 73.2 Å². The van der Waals surface area contributed by atoms with E-state index >= 15 is 0 Å². The van der Waals surface area contributed by atoms with Crippen molar-refractivity contribution in [2.75, 3.05) is 0 Å². The summed E-state index contributed by atoms with van der Waals surface area (Å²) in [7, 11) is 0. The normalized spacial score (nSPS) is 49.2. The van der Waals surface area contributed by atoms with Crippen molar-refractivity contribution in [2.24, 2.45) is 0 Å². The van der Waals surface area contributed by atoms with Gasteiger partial charge in [-0.3, -0.25) is 0 Å². The van der Waals surface area contributed by atoms with Crippen LogP contribution in [0.25, 0.3) is 0 Å².